The van der Waals surface area contributed by atoms with Crippen molar-refractivity contribution in [3.05, 3.63) is 58.1 Å². The van der Waals surface area contributed by atoms with Crippen molar-refractivity contribution in [2.45, 2.75) is 66.1 Å². The lowest BCUT2D eigenvalue weighted by molar-refractivity contribution is -0.168. The zero-order valence-corrected chi connectivity index (χ0v) is 23.9. The number of carbonyl (C=O) groups is 3. The van der Waals surface area contributed by atoms with Crippen LogP contribution in [0.2, 0.25) is 19.6 Å². The minimum absolute atomic E-state index is 0.0313. The predicted molar refractivity (Wildman–Crippen MR) is 146 cm³/mol. The summed E-state index contributed by atoms with van der Waals surface area (Å²) in [4.78, 5) is 41.8. The molecule has 2 aromatic carbocycles. The molecule has 0 spiro atoms. The second-order valence-corrected chi connectivity index (χ2v) is 15.8. The first-order chi connectivity index (χ1) is 16.9. The number of amides is 1. The average Bonchev–Trinajstić information content (AvgIpc) is 3.28. The van der Waals surface area contributed by atoms with Crippen LogP contribution in [-0.4, -0.2) is 46.7 Å². The van der Waals surface area contributed by atoms with Crippen molar-refractivity contribution in [1.82, 2.24) is 0 Å². The zero-order valence-electron chi connectivity index (χ0n) is 22.9. The van der Waals surface area contributed by atoms with E-state index in [1.165, 1.54) is 19.4 Å². The molecule has 1 aliphatic rings. The Morgan fingerprint density at radius 3 is 1.92 bits per heavy atom. The van der Waals surface area contributed by atoms with Gasteiger partial charge in [-0.15, -0.1) is 0 Å². The molecule has 36 heavy (non-hydrogen) atoms. The van der Waals surface area contributed by atoms with E-state index in [0.29, 0.717) is 12.1 Å². The molecule has 0 unspecified atom stereocenters. The number of anilines is 1. The molecule has 0 saturated carbocycles. The second-order valence-electron chi connectivity index (χ2n) is 10.8. The fraction of sp³-hybridized carbons (Fsp3) is 0.483. The maximum atomic E-state index is 13.9. The molecule has 1 aliphatic carbocycles. The monoisotopic (exact) mass is 509 g/mol. The minimum Gasteiger partial charge on any atom is -0.468 e. The lowest BCUT2D eigenvalue weighted by atomic mass is 9.84. The first-order valence-electron chi connectivity index (χ1n) is 12.6. The lowest BCUT2D eigenvalue weighted by Crippen LogP contribution is -2.47. The Bertz CT molecular complexity index is 1150. The summed E-state index contributed by atoms with van der Waals surface area (Å²) >= 11 is 0. The van der Waals surface area contributed by atoms with E-state index in [-0.39, 0.29) is 18.7 Å². The molecular weight excluding hydrogens is 470 g/mol. The van der Waals surface area contributed by atoms with E-state index in [0.717, 1.165) is 40.8 Å². The maximum Gasteiger partial charge on any atom is 0.323 e. The summed E-state index contributed by atoms with van der Waals surface area (Å²) in [6.45, 7) is 13.6. The van der Waals surface area contributed by atoms with Crippen LogP contribution < -0.4 is 10.1 Å². The molecule has 0 heterocycles. The number of ether oxygens (including phenoxy) is 2. The molecule has 0 saturated heterocycles. The summed E-state index contributed by atoms with van der Waals surface area (Å²) in [6, 6.07) is 9.37. The third kappa shape index (κ3) is 4.73. The number of benzene rings is 2. The van der Waals surface area contributed by atoms with Crippen LogP contribution in [0.15, 0.2) is 30.3 Å². The number of hydrogen-bond donors (Lipinski definition) is 0. The molecule has 0 N–H and O–H groups in total. The van der Waals surface area contributed by atoms with Gasteiger partial charge in [0.2, 0.25) is 0 Å². The van der Waals surface area contributed by atoms with E-state index in [1.807, 2.05) is 42.2 Å². The number of carbonyl (C=O) groups excluding carboxylic acids is 3. The van der Waals surface area contributed by atoms with E-state index in [1.54, 1.807) is 0 Å². The van der Waals surface area contributed by atoms with Gasteiger partial charge < -0.3 is 14.4 Å². The quantitative estimate of drug-likeness (QED) is 0.292. The summed E-state index contributed by atoms with van der Waals surface area (Å²) in [5, 5.41) is 1.20. The molecule has 2 aromatic rings. The fourth-order valence-electron chi connectivity index (χ4n) is 5.64. The topological polar surface area (TPSA) is 72.9 Å². The fourth-order valence-corrected chi connectivity index (χ4v) is 7.95. The van der Waals surface area contributed by atoms with Crippen molar-refractivity contribution < 1.29 is 23.9 Å². The van der Waals surface area contributed by atoms with E-state index in [4.69, 9.17) is 9.47 Å². The summed E-state index contributed by atoms with van der Waals surface area (Å²) in [7, 11) is 0.621. The van der Waals surface area contributed by atoms with Gasteiger partial charge in [-0.3, -0.25) is 14.4 Å². The van der Waals surface area contributed by atoms with Gasteiger partial charge in [-0.25, -0.2) is 0 Å². The van der Waals surface area contributed by atoms with Crippen LogP contribution in [0.3, 0.4) is 0 Å². The highest BCUT2D eigenvalue weighted by atomic mass is 28.3. The molecule has 0 bridgehead atoms. The highest BCUT2D eigenvalue weighted by Crippen LogP contribution is 2.45. The average molecular weight is 510 g/mol. The van der Waals surface area contributed by atoms with Gasteiger partial charge in [-0.2, -0.15) is 0 Å². The van der Waals surface area contributed by atoms with Crippen molar-refractivity contribution in [2.75, 3.05) is 25.7 Å². The Labute approximate surface area is 216 Å². The van der Waals surface area contributed by atoms with Crippen LogP contribution in [0.25, 0.3) is 0 Å². The zero-order chi connectivity index (χ0) is 26.8. The summed E-state index contributed by atoms with van der Waals surface area (Å²) in [5.74, 6) is -1.19. The van der Waals surface area contributed by atoms with Crippen molar-refractivity contribution in [3.63, 3.8) is 0 Å². The minimum atomic E-state index is -1.99. The van der Waals surface area contributed by atoms with Gasteiger partial charge in [0, 0.05) is 30.6 Å². The SMILES string of the molecule is CCCCN(C(=O)c1ccccc1)c1c(C)c2c(c(C)c1[Si](C)(C)C)CC(C(=O)OC)(C(=O)OC)C2. The van der Waals surface area contributed by atoms with Gasteiger partial charge in [-0.1, -0.05) is 51.2 Å². The summed E-state index contributed by atoms with van der Waals surface area (Å²) in [6.07, 6.45) is 2.27. The first-order valence-corrected chi connectivity index (χ1v) is 16.1. The van der Waals surface area contributed by atoms with E-state index >= 15 is 0 Å². The number of esters is 2. The largest absolute Gasteiger partial charge is 0.468 e. The normalized spacial score (nSPS) is 14.2. The summed E-state index contributed by atoms with van der Waals surface area (Å²) in [5.41, 5.74) is 4.16. The van der Waals surface area contributed by atoms with Crippen LogP contribution in [0.4, 0.5) is 5.69 Å². The molecule has 0 fully saturated rings. The number of nitrogens with zero attached hydrogens (tertiary/aromatic N) is 1. The standard InChI is InChI=1S/C29H39NO5Si/c1-9-10-16-30(26(31)21-14-12-11-13-15-21)24-19(2)22-17-29(27(32)34-4,28(33)35-5)18-23(22)20(3)25(24)36(6,7)8/h11-15H,9-10,16-18H2,1-8H3. The summed E-state index contributed by atoms with van der Waals surface area (Å²) < 4.78 is 10.2. The van der Waals surface area contributed by atoms with Gasteiger partial charge in [0.25, 0.3) is 5.91 Å². The van der Waals surface area contributed by atoms with Crippen LogP contribution in [0, 0.1) is 19.3 Å². The molecule has 0 atom stereocenters. The Morgan fingerprint density at radius 2 is 1.44 bits per heavy atom. The first kappa shape index (κ1) is 27.7. The molecular formula is C29H39NO5Si. The lowest BCUT2D eigenvalue weighted by Gasteiger charge is -2.34. The van der Waals surface area contributed by atoms with Crippen LogP contribution in [0.5, 0.6) is 0 Å². The smallest absolute Gasteiger partial charge is 0.323 e. The highest BCUT2D eigenvalue weighted by molar-refractivity contribution is 6.90. The molecule has 7 heteroatoms. The molecule has 194 valence electrons. The maximum absolute atomic E-state index is 13.9. The molecule has 1 amide bonds. The van der Waals surface area contributed by atoms with Crippen molar-refractivity contribution in [3.8, 4) is 0 Å². The number of rotatable bonds is 8. The van der Waals surface area contributed by atoms with E-state index in [9.17, 15) is 14.4 Å². The molecule has 0 aliphatic heterocycles. The Balaban J connectivity index is 2.32. The molecule has 6 nitrogen and oxygen atoms in total. The van der Waals surface area contributed by atoms with Crippen molar-refractivity contribution in [2.24, 2.45) is 5.41 Å². The van der Waals surface area contributed by atoms with Gasteiger partial charge in [0.15, 0.2) is 5.41 Å². The Kier molecular flexibility index (Phi) is 8.13. The third-order valence-electron chi connectivity index (χ3n) is 7.37. The highest BCUT2D eigenvalue weighted by Gasteiger charge is 2.54. The second kappa shape index (κ2) is 10.6. The van der Waals surface area contributed by atoms with Gasteiger partial charge in [0.1, 0.15) is 0 Å². The van der Waals surface area contributed by atoms with E-state index < -0.39 is 25.4 Å². The van der Waals surface area contributed by atoms with Gasteiger partial charge >= 0.3 is 11.9 Å². The molecule has 0 radical (unpaired) electrons. The third-order valence-corrected chi connectivity index (χ3v) is 9.48. The van der Waals surface area contributed by atoms with Crippen LogP contribution >= 0.6 is 0 Å². The Hall–Kier alpha value is -2.93. The number of unbranched alkanes of at least 4 members (excludes halogenated alkanes) is 1. The predicted octanol–water partition coefficient (Wildman–Crippen LogP) is 4.73. The number of fused-ring (bicyclic) bond motifs is 1. The van der Waals surface area contributed by atoms with Gasteiger partial charge in [0.05, 0.1) is 22.3 Å². The van der Waals surface area contributed by atoms with E-state index in [2.05, 4.69) is 33.5 Å². The van der Waals surface area contributed by atoms with Crippen LogP contribution in [0.1, 0.15) is 52.4 Å². The van der Waals surface area contributed by atoms with Gasteiger partial charge in [-0.05, 0) is 59.8 Å². The number of methoxy groups -OCH3 is 2. The Morgan fingerprint density at radius 1 is 0.917 bits per heavy atom. The molecule has 0 aromatic heterocycles. The van der Waals surface area contributed by atoms with Crippen molar-refractivity contribution in [1.29, 1.82) is 0 Å². The van der Waals surface area contributed by atoms with Crippen LogP contribution in [-0.2, 0) is 31.9 Å². The van der Waals surface area contributed by atoms with Crippen molar-refractivity contribution >= 4 is 36.8 Å². The number of hydrogen-bond acceptors (Lipinski definition) is 5. The molecule has 3 rings (SSSR count).